The van der Waals surface area contributed by atoms with E-state index in [0.717, 1.165) is 33.9 Å². The number of hydrogen-bond acceptors (Lipinski definition) is 3. The van der Waals surface area contributed by atoms with Gasteiger partial charge in [-0.1, -0.05) is 34.1 Å². The molecule has 0 bridgehead atoms. The first-order valence-corrected chi connectivity index (χ1v) is 9.37. The molecule has 3 rings (SSSR count). The summed E-state index contributed by atoms with van der Waals surface area (Å²) in [5.41, 5.74) is 2.46. The molecule has 0 aliphatic heterocycles. The normalized spacial score (nSPS) is 19.0. The van der Waals surface area contributed by atoms with E-state index in [1.165, 1.54) is 5.56 Å². The van der Waals surface area contributed by atoms with Gasteiger partial charge in [0.25, 0.3) is 0 Å². The highest BCUT2D eigenvalue weighted by molar-refractivity contribution is 9.10. The monoisotopic (exact) mass is 417 g/mol. The Morgan fingerprint density at radius 3 is 2.50 bits per heavy atom. The van der Waals surface area contributed by atoms with Crippen molar-refractivity contribution in [3.05, 3.63) is 58.1 Å². The molecule has 1 aliphatic rings. The summed E-state index contributed by atoms with van der Waals surface area (Å²) < 4.78 is 11.7. The maximum atomic E-state index is 5.35. The first-order valence-electron chi connectivity index (χ1n) is 8.58. The molecule has 0 saturated heterocycles. The molecule has 0 amide bonds. The number of nitrogens with one attached hydrogen (secondary N) is 2. The molecule has 2 aromatic carbocycles. The Balaban J connectivity index is 1.54. The number of rotatable bonds is 6. The van der Waals surface area contributed by atoms with Gasteiger partial charge < -0.3 is 20.1 Å². The Hall–Kier alpha value is -2.21. The average molecular weight is 418 g/mol. The highest BCUT2D eigenvalue weighted by Crippen LogP contribution is 2.41. The van der Waals surface area contributed by atoms with Gasteiger partial charge in [-0.05, 0) is 41.8 Å². The SMILES string of the molecule is CN=C(NCc1ccc(OC)c(OC)c1)NC1CC1c1ccc(Br)cc1. The van der Waals surface area contributed by atoms with E-state index in [4.69, 9.17) is 9.47 Å². The number of hydrogen-bond donors (Lipinski definition) is 2. The molecule has 0 spiro atoms. The maximum absolute atomic E-state index is 5.35. The quantitative estimate of drug-likeness (QED) is 0.555. The molecule has 1 saturated carbocycles. The van der Waals surface area contributed by atoms with Crippen LogP contribution in [0.15, 0.2) is 51.9 Å². The number of aliphatic imine (C=N–C) groups is 1. The lowest BCUT2D eigenvalue weighted by Gasteiger charge is -2.13. The van der Waals surface area contributed by atoms with Crippen LogP contribution in [0, 0.1) is 0 Å². The molecule has 2 aromatic rings. The van der Waals surface area contributed by atoms with Gasteiger partial charge in [-0.25, -0.2) is 0 Å². The van der Waals surface area contributed by atoms with Gasteiger partial charge in [0.2, 0.25) is 0 Å². The number of methoxy groups -OCH3 is 2. The predicted octanol–water partition coefficient (Wildman–Crippen LogP) is 3.69. The Kier molecular flexibility index (Phi) is 6.04. The van der Waals surface area contributed by atoms with Crippen molar-refractivity contribution in [1.29, 1.82) is 0 Å². The first-order chi connectivity index (χ1) is 12.6. The van der Waals surface area contributed by atoms with E-state index in [0.29, 0.717) is 18.5 Å². The lowest BCUT2D eigenvalue weighted by Crippen LogP contribution is -2.38. The van der Waals surface area contributed by atoms with Crippen LogP contribution in [0.2, 0.25) is 0 Å². The topological polar surface area (TPSA) is 54.9 Å². The van der Waals surface area contributed by atoms with Crippen LogP contribution in [0.25, 0.3) is 0 Å². The fourth-order valence-corrected chi connectivity index (χ4v) is 3.24. The number of nitrogens with zero attached hydrogens (tertiary/aromatic N) is 1. The van der Waals surface area contributed by atoms with Crippen LogP contribution in [0.5, 0.6) is 11.5 Å². The number of benzene rings is 2. The van der Waals surface area contributed by atoms with Crippen LogP contribution in [-0.4, -0.2) is 33.3 Å². The highest BCUT2D eigenvalue weighted by atomic mass is 79.9. The van der Waals surface area contributed by atoms with Crippen LogP contribution >= 0.6 is 15.9 Å². The van der Waals surface area contributed by atoms with E-state index in [-0.39, 0.29) is 0 Å². The minimum atomic E-state index is 0.424. The summed E-state index contributed by atoms with van der Waals surface area (Å²) in [4.78, 5) is 4.33. The van der Waals surface area contributed by atoms with Crippen molar-refractivity contribution in [3.63, 3.8) is 0 Å². The van der Waals surface area contributed by atoms with Gasteiger partial charge in [-0.2, -0.15) is 0 Å². The molecule has 0 heterocycles. The Morgan fingerprint density at radius 2 is 1.85 bits per heavy atom. The number of guanidine groups is 1. The fourth-order valence-electron chi connectivity index (χ4n) is 2.98. The second-order valence-corrected chi connectivity index (χ2v) is 7.18. The molecule has 26 heavy (non-hydrogen) atoms. The predicted molar refractivity (Wildman–Crippen MR) is 108 cm³/mol. The van der Waals surface area contributed by atoms with Gasteiger partial charge in [0.1, 0.15) is 0 Å². The summed E-state index contributed by atoms with van der Waals surface area (Å²) in [6, 6.07) is 14.9. The van der Waals surface area contributed by atoms with E-state index < -0.39 is 0 Å². The Labute approximate surface area is 162 Å². The van der Waals surface area contributed by atoms with Crippen LogP contribution in [-0.2, 0) is 6.54 Å². The summed E-state index contributed by atoms with van der Waals surface area (Å²) >= 11 is 3.48. The van der Waals surface area contributed by atoms with Crippen LogP contribution in [0.1, 0.15) is 23.5 Å². The molecule has 138 valence electrons. The van der Waals surface area contributed by atoms with Crippen molar-refractivity contribution >= 4 is 21.9 Å². The van der Waals surface area contributed by atoms with Crippen molar-refractivity contribution in [2.45, 2.75) is 24.9 Å². The van der Waals surface area contributed by atoms with Crippen molar-refractivity contribution in [2.24, 2.45) is 4.99 Å². The molecule has 0 radical (unpaired) electrons. The van der Waals surface area contributed by atoms with Gasteiger partial charge in [0.15, 0.2) is 17.5 Å². The third-order valence-electron chi connectivity index (χ3n) is 4.54. The van der Waals surface area contributed by atoms with Gasteiger partial charge in [-0.15, -0.1) is 0 Å². The molecular weight excluding hydrogens is 394 g/mol. The van der Waals surface area contributed by atoms with Gasteiger partial charge in [0, 0.05) is 30.0 Å². The van der Waals surface area contributed by atoms with Crippen LogP contribution < -0.4 is 20.1 Å². The summed E-state index contributed by atoms with van der Waals surface area (Å²) in [7, 11) is 5.07. The largest absolute Gasteiger partial charge is 0.493 e. The van der Waals surface area contributed by atoms with Crippen molar-refractivity contribution < 1.29 is 9.47 Å². The molecule has 6 heteroatoms. The molecule has 5 nitrogen and oxygen atoms in total. The minimum Gasteiger partial charge on any atom is -0.493 e. The molecular formula is C20H24BrN3O2. The molecule has 1 fully saturated rings. The first kappa shape index (κ1) is 18.6. The third-order valence-corrected chi connectivity index (χ3v) is 5.07. The third kappa shape index (κ3) is 4.49. The zero-order valence-corrected chi connectivity index (χ0v) is 16.8. The maximum Gasteiger partial charge on any atom is 0.191 e. The van der Waals surface area contributed by atoms with E-state index in [1.54, 1.807) is 21.3 Å². The lowest BCUT2D eigenvalue weighted by atomic mass is 10.1. The van der Waals surface area contributed by atoms with E-state index in [9.17, 15) is 0 Å². The van der Waals surface area contributed by atoms with Gasteiger partial charge in [-0.3, -0.25) is 4.99 Å². The smallest absolute Gasteiger partial charge is 0.191 e. The van der Waals surface area contributed by atoms with Crippen molar-refractivity contribution in [3.8, 4) is 11.5 Å². The molecule has 2 N–H and O–H groups in total. The highest BCUT2D eigenvalue weighted by Gasteiger charge is 2.38. The fraction of sp³-hybridized carbons (Fsp3) is 0.350. The van der Waals surface area contributed by atoms with Crippen molar-refractivity contribution in [1.82, 2.24) is 10.6 Å². The Bertz CT molecular complexity index is 777. The average Bonchev–Trinajstić information content (AvgIpc) is 3.44. The standard InChI is InChI=1S/C20H24BrN3O2/c1-22-20(23-12-13-4-9-18(25-2)19(10-13)26-3)24-17-11-16(17)14-5-7-15(21)8-6-14/h4-10,16-17H,11-12H2,1-3H3,(H2,22,23,24). The molecule has 1 aliphatic carbocycles. The van der Waals surface area contributed by atoms with Gasteiger partial charge >= 0.3 is 0 Å². The second-order valence-electron chi connectivity index (χ2n) is 6.26. The zero-order valence-electron chi connectivity index (χ0n) is 15.3. The summed E-state index contributed by atoms with van der Waals surface area (Å²) in [5.74, 6) is 2.81. The minimum absolute atomic E-state index is 0.424. The van der Waals surface area contributed by atoms with E-state index >= 15 is 0 Å². The Morgan fingerprint density at radius 1 is 1.12 bits per heavy atom. The van der Waals surface area contributed by atoms with E-state index in [2.05, 4.69) is 55.8 Å². The summed E-state index contributed by atoms with van der Waals surface area (Å²) in [5, 5.41) is 6.86. The summed E-state index contributed by atoms with van der Waals surface area (Å²) in [6.07, 6.45) is 1.12. The number of ether oxygens (including phenoxy) is 2. The molecule has 2 atom stereocenters. The zero-order chi connectivity index (χ0) is 18.5. The molecule has 0 aromatic heterocycles. The number of halogens is 1. The second kappa shape index (κ2) is 8.45. The van der Waals surface area contributed by atoms with Crippen LogP contribution in [0.4, 0.5) is 0 Å². The van der Waals surface area contributed by atoms with E-state index in [1.807, 2.05) is 18.2 Å². The van der Waals surface area contributed by atoms with Crippen LogP contribution in [0.3, 0.4) is 0 Å². The van der Waals surface area contributed by atoms with Crippen molar-refractivity contribution in [2.75, 3.05) is 21.3 Å². The van der Waals surface area contributed by atoms with Gasteiger partial charge in [0.05, 0.1) is 14.2 Å². The summed E-state index contributed by atoms with van der Waals surface area (Å²) in [6.45, 7) is 0.662. The molecule has 2 unspecified atom stereocenters. The lowest BCUT2D eigenvalue weighted by molar-refractivity contribution is 0.354.